The molecule has 0 radical (unpaired) electrons. The second-order valence-electron chi connectivity index (χ2n) is 11.7. The van der Waals surface area contributed by atoms with Crippen LogP contribution in [0.1, 0.15) is 70.9 Å². The number of benzene rings is 2. The first-order valence-corrected chi connectivity index (χ1v) is 15.6. The number of para-hydroxylation sites is 2. The average Bonchev–Trinajstić information content (AvgIpc) is 3.23. The highest BCUT2D eigenvalue weighted by Gasteiger charge is 2.44. The predicted octanol–water partition coefficient (Wildman–Crippen LogP) is 6.22. The van der Waals surface area contributed by atoms with E-state index in [1.165, 1.54) is 22.5 Å². The molecule has 2 aromatic rings. The van der Waals surface area contributed by atoms with Crippen molar-refractivity contribution in [3.8, 4) is 0 Å². The molecule has 2 aliphatic heterocycles. The number of carbonyl (C=O) groups is 1. The van der Waals surface area contributed by atoms with Crippen molar-refractivity contribution in [1.82, 2.24) is 0 Å². The van der Waals surface area contributed by atoms with Gasteiger partial charge in [-0.15, -0.1) is 0 Å². The summed E-state index contributed by atoms with van der Waals surface area (Å²) in [4.78, 5) is 13.3. The van der Waals surface area contributed by atoms with Gasteiger partial charge in [0, 0.05) is 53.9 Å². The molecule has 0 saturated carbocycles. The second kappa shape index (κ2) is 11.7. The number of carboxylic acids is 1. The highest BCUT2D eigenvalue weighted by atomic mass is 32.2. The number of nitrogens with zero attached hydrogens (tertiary/aromatic N) is 2. The molecule has 2 aliphatic rings. The fraction of sp³-hybridized carbons (Fsp3) is 0.438. The Morgan fingerprint density at radius 1 is 0.925 bits per heavy atom. The summed E-state index contributed by atoms with van der Waals surface area (Å²) in [6, 6.07) is 16.7. The number of unbranched alkanes of at least 4 members (excludes halogenated alkanes) is 2. The van der Waals surface area contributed by atoms with Gasteiger partial charge in [-0.3, -0.25) is 9.35 Å². The van der Waals surface area contributed by atoms with E-state index in [1.807, 2.05) is 12.1 Å². The van der Waals surface area contributed by atoms with E-state index in [-0.39, 0.29) is 23.0 Å². The van der Waals surface area contributed by atoms with Crippen LogP contribution in [0.4, 0.5) is 11.4 Å². The van der Waals surface area contributed by atoms with E-state index >= 15 is 0 Å². The number of rotatable bonds is 12. The van der Waals surface area contributed by atoms with Crippen LogP contribution in [-0.2, 0) is 25.7 Å². The number of allylic oxidation sites excluding steroid dienone is 4. The topological polar surface area (TPSA) is 97.9 Å². The van der Waals surface area contributed by atoms with E-state index in [0.29, 0.717) is 19.4 Å². The molecule has 0 amide bonds. The Bertz CT molecular complexity index is 1470. The first-order chi connectivity index (χ1) is 18.8. The van der Waals surface area contributed by atoms with Gasteiger partial charge >= 0.3 is 5.97 Å². The van der Waals surface area contributed by atoms with Gasteiger partial charge in [0.1, 0.15) is 6.54 Å². The van der Waals surface area contributed by atoms with Gasteiger partial charge in [0.2, 0.25) is 5.69 Å². The van der Waals surface area contributed by atoms with Crippen LogP contribution < -0.4 is 4.90 Å². The van der Waals surface area contributed by atoms with Crippen LogP contribution >= 0.6 is 0 Å². The quantitative estimate of drug-likeness (QED) is 0.180. The number of anilines is 1. The van der Waals surface area contributed by atoms with Crippen molar-refractivity contribution in [2.45, 2.75) is 70.6 Å². The highest BCUT2D eigenvalue weighted by Crippen LogP contribution is 2.48. The lowest BCUT2D eigenvalue weighted by Crippen LogP contribution is -2.28. The summed E-state index contributed by atoms with van der Waals surface area (Å²) in [6.45, 7) is 10.1. The molecule has 40 heavy (non-hydrogen) atoms. The van der Waals surface area contributed by atoms with Gasteiger partial charge in [-0.1, -0.05) is 62.7 Å². The van der Waals surface area contributed by atoms with Gasteiger partial charge in [0.05, 0.1) is 11.2 Å². The SMILES string of the molecule is CC1(C)C(/C=C/C=C2/N(CCCCCC(=O)O)c3ccccc3C2(C)C)=[N+](CCCS(=O)(=O)O)c2ccccc21. The number of hydrogen-bond acceptors (Lipinski definition) is 4. The molecular weight excluding hydrogens is 524 g/mol. The van der Waals surface area contributed by atoms with Crippen LogP contribution in [0.25, 0.3) is 0 Å². The van der Waals surface area contributed by atoms with E-state index in [0.717, 1.165) is 30.8 Å². The third-order valence-electron chi connectivity index (χ3n) is 8.16. The fourth-order valence-corrected chi connectivity index (χ4v) is 6.62. The van der Waals surface area contributed by atoms with Gasteiger partial charge in [-0.25, -0.2) is 0 Å². The summed E-state index contributed by atoms with van der Waals surface area (Å²) in [5, 5.41) is 8.98. The first kappa shape index (κ1) is 29.7. The Kier molecular flexibility index (Phi) is 8.71. The largest absolute Gasteiger partial charge is 0.481 e. The molecule has 7 nitrogen and oxygen atoms in total. The van der Waals surface area contributed by atoms with Crippen molar-refractivity contribution in [3.05, 3.63) is 83.6 Å². The minimum atomic E-state index is -4.03. The van der Waals surface area contributed by atoms with Gasteiger partial charge in [-0.05, 0) is 44.4 Å². The van der Waals surface area contributed by atoms with Gasteiger partial charge < -0.3 is 10.0 Å². The summed E-state index contributed by atoms with van der Waals surface area (Å²) >= 11 is 0. The van der Waals surface area contributed by atoms with E-state index in [4.69, 9.17) is 5.11 Å². The maximum Gasteiger partial charge on any atom is 0.303 e. The summed E-state index contributed by atoms with van der Waals surface area (Å²) in [5.74, 6) is -1.03. The number of aliphatic carboxylic acids is 1. The fourth-order valence-electron chi connectivity index (χ4n) is 6.12. The molecule has 4 rings (SSSR count). The molecule has 0 aromatic heterocycles. The zero-order valence-corrected chi connectivity index (χ0v) is 24.7. The molecule has 0 spiro atoms. The molecular formula is C32H41N2O5S+. The van der Waals surface area contributed by atoms with Crippen molar-refractivity contribution < 1.29 is 27.4 Å². The van der Waals surface area contributed by atoms with E-state index < -0.39 is 16.1 Å². The van der Waals surface area contributed by atoms with Gasteiger partial charge in [0.15, 0.2) is 5.71 Å². The second-order valence-corrected chi connectivity index (χ2v) is 13.3. The lowest BCUT2D eigenvalue weighted by Gasteiger charge is -2.27. The summed E-state index contributed by atoms with van der Waals surface area (Å²) < 4.78 is 34.2. The standard InChI is InChI=1S/C32H40N2O5S/c1-31(2)24-14-7-9-16-26(24)33(21-11-5-6-20-30(35)36)28(31)18-12-19-29-32(3,4)25-15-8-10-17-27(25)34(29)22-13-23-40(37,38)39/h7-10,12,14-19H,5-6,11,13,20-23H2,1-4H3,(H-,35,36,37,38,39)/p+1. The number of fused-ring (bicyclic) bond motifs is 2. The summed E-state index contributed by atoms with van der Waals surface area (Å²) in [6.07, 6.45) is 9.36. The molecule has 214 valence electrons. The highest BCUT2D eigenvalue weighted by molar-refractivity contribution is 7.85. The molecule has 0 atom stereocenters. The Hall–Kier alpha value is -3.23. The minimum absolute atomic E-state index is 0.198. The zero-order chi connectivity index (χ0) is 29.1. The molecule has 0 fully saturated rings. The van der Waals surface area contributed by atoms with Gasteiger partial charge in [-0.2, -0.15) is 13.0 Å². The Morgan fingerprint density at radius 3 is 2.30 bits per heavy atom. The molecule has 2 heterocycles. The Labute approximate surface area is 238 Å². The van der Waals surface area contributed by atoms with Crippen molar-refractivity contribution in [2.75, 3.05) is 23.7 Å². The normalized spacial score (nSPS) is 18.5. The van der Waals surface area contributed by atoms with Crippen LogP contribution in [0.3, 0.4) is 0 Å². The number of hydrogen-bond donors (Lipinski definition) is 2. The maximum atomic E-state index is 11.4. The lowest BCUT2D eigenvalue weighted by molar-refractivity contribution is -0.437. The van der Waals surface area contributed by atoms with Crippen molar-refractivity contribution in [1.29, 1.82) is 0 Å². The third-order valence-corrected chi connectivity index (χ3v) is 8.97. The molecule has 8 heteroatoms. The van der Waals surface area contributed by atoms with E-state index in [1.54, 1.807) is 0 Å². The summed E-state index contributed by atoms with van der Waals surface area (Å²) in [5.41, 5.74) is 6.51. The van der Waals surface area contributed by atoms with Crippen molar-refractivity contribution in [3.63, 3.8) is 0 Å². The molecule has 0 unspecified atom stereocenters. The number of carboxylic acid groups (broad SMARTS) is 1. The maximum absolute atomic E-state index is 11.4. The summed E-state index contributed by atoms with van der Waals surface area (Å²) in [7, 11) is -4.03. The lowest BCUT2D eigenvalue weighted by atomic mass is 9.81. The Morgan fingerprint density at radius 2 is 1.60 bits per heavy atom. The van der Waals surface area contributed by atoms with Gasteiger partial charge in [0.25, 0.3) is 10.1 Å². The minimum Gasteiger partial charge on any atom is -0.481 e. The Balaban J connectivity index is 1.65. The zero-order valence-electron chi connectivity index (χ0n) is 23.9. The smallest absolute Gasteiger partial charge is 0.303 e. The molecule has 0 aliphatic carbocycles. The predicted molar refractivity (Wildman–Crippen MR) is 160 cm³/mol. The monoisotopic (exact) mass is 565 g/mol. The van der Waals surface area contributed by atoms with Crippen molar-refractivity contribution >= 4 is 33.2 Å². The molecule has 2 N–H and O–H groups in total. The van der Waals surface area contributed by atoms with Crippen LogP contribution in [0, 0.1) is 0 Å². The van der Waals surface area contributed by atoms with Crippen LogP contribution in [0.5, 0.6) is 0 Å². The van der Waals surface area contributed by atoms with Crippen molar-refractivity contribution in [2.24, 2.45) is 0 Å². The molecule has 2 aromatic carbocycles. The molecule has 0 saturated heterocycles. The van der Waals surface area contributed by atoms with Crippen LogP contribution in [0.15, 0.2) is 72.5 Å². The van der Waals surface area contributed by atoms with Crippen LogP contribution in [-0.4, -0.2) is 53.2 Å². The van der Waals surface area contributed by atoms with Crippen LogP contribution in [0.2, 0.25) is 0 Å². The third kappa shape index (κ3) is 6.23. The average molecular weight is 566 g/mol. The van der Waals surface area contributed by atoms with E-state index in [9.17, 15) is 17.8 Å². The molecule has 0 bridgehead atoms. The first-order valence-electron chi connectivity index (χ1n) is 14.0. The van der Waals surface area contributed by atoms with E-state index in [2.05, 4.69) is 91.8 Å².